The van der Waals surface area contributed by atoms with Crippen molar-refractivity contribution in [1.29, 1.82) is 0 Å². The first-order valence-corrected chi connectivity index (χ1v) is 8.70. The Morgan fingerprint density at radius 3 is 1.55 bits per heavy atom. The topological polar surface area (TPSA) is 75.9 Å². The molecule has 2 heterocycles. The smallest absolute Gasteiger partial charge is 0.248 e. The summed E-state index contributed by atoms with van der Waals surface area (Å²) in [5, 5.41) is -0.220. The zero-order valence-electron chi connectivity index (χ0n) is 11.1. The molecule has 0 aromatic heterocycles. The molecule has 22 heavy (non-hydrogen) atoms. The number of carbonyl (C=O) groups excluding carboxylic acids is 1. The number of nitrogens with zero attached hydrogens (tertiary/aromatic N) is 2. The highest BCUT2D eigenvalue weighted by Crippen LogP contribution is 2.33. The molecular weight excluding hydrogens is 320 g/mol. The summed E-state index contributed by atoms with van der Waals surface area (Å²) >= 11 is 0. The molecule has 0 aliphatic carbocycles. The lowest BCUT2D eigenvalue weighted by atomic mass is 10.3. The molecule has 2 aliphatic rings. The maximum atomic E-state index is 12.6. The maximum absolute atomic E-state index is 12.6. The third-order valence-electron chi connectivity index (χ3n) is 3.31. The number of para-hydroxylation sites is 2. The maximum Gasteiger partial charge on any atom is 0.248 e. The molecule has 2 aliphatic heterocycles. The van der Waals surface area contributed by atoms with Gasteiger partial charge in [0.25, 0.3) is 0 Å². The van der Waals surface area contributed by atoms with Gasteiger partial charge >= 0.3 is 0 Å². The molecule has 2 unspecified atom stereocenters. The Hall–Kier alpha value is -2.25. The summed E-state index contributed by atoms with van der Waals surface area (Å²) in [7, 11) is -3.31. The number of rotatable bonds is 2. The van der Waals surface area contributed by atoms with Crippen molar-refractivity contribution in [3.63, 3.8) is 0 Å². The average molecular weight is 328 g/mol. The molecule has 2 atom stereocenters. The van der Waals surface area contributed by atoms with Crippen molar-refractivity contribution in [3.8, 4) is 0 Å². The predicted octanol–water partition coefficient (Wildman–Crippen LogP) is 2.26. The van der Waals surface area contributed by atoms with Crippen LogP contribution < -0.4 is 0 Å². The van der Waals surface area contributed by atoms with Crippen LogP contribution in [0.15, 0.2) is 68.3 Å². The minimum atomic E-state index is -1.66. The molecule has 5 nitrogen and oxygen atoms in total. The molecule has 0 spiro atoms. The minimum Gasteiger partial charge on any atom is -0.284 e. The van der Waals surface area contributed by atoms with E-state index in [2.05, 4.69) is 9.98 Å². The van der Waals surface area contributed by atoms with Gasteiger partial charge in [-0.1, -0.05) is 24.3 Å². The van der Waals surface area contributed by atoms with Crippen LogP contribution in [0.3, 0.4) is 0 Å². The number of ketones is 1. The van der Waals surface area contributed by atoms with Crippen LogP contribution in [-0.4, -0.2) is 24.3 Å². The lowest BCUT2D eigenvalue weighted by molar-refractivity contribution is -0.106. The number of fused-ring (bicyclic) bond motifs is 2. The molecule has 0 fully saturated rings. The molecule has 0 radical (unpaired) electrons. The van der Waals surface area contributed by atoms with Crippen molar-refractivity contribution in [2.24, 2.45) is 9.98 Å². The molecule has 108 valence electrons. The fraction of sp³-hybridized carbons (Fsp3) is 0. The van der Waals surface area contributed by atoms with Crippen LogP contribution in [0, 0.1) is 0 Å². The van der Waals surface area contributed by atoms with E-state index in [1.54, 1.807) is 48.5 Å². The normalized spacial score (nSPS) is 21.8. The van der Waals surface area contributed by atoms with E-state index in [0.717, 1.165) is 0 Å². The van der Waals surface area contributed by atoms with Crippen LogP contribution in [0.4, 0.5) is 11.4 Å². The second kappa shape index (κ2) is 4.89. The summed E-state index contributed by atoms with van der Waals surface area (Å²) in [6.45, 7) is 0. The van der Waals surface area contributed by atoms with Crippen molar-refractivity contribution in [3.05, 3.63) is 48.5 Å². The van der Waals surface area contributed by atoms with Crippen LogP contribution in [0.5, 0.6) is 0 Å². The molecule has 0 bridgehead atoms. The summed E-state index contributed by atoms with van der Waals surface area (Å²) in [6, 6.07) is 13.7. The number of aliphatic imine (C=N–C) groups is 2. The van der Waals surface area contributed by atoms with E-state index in [1.165, 1.54) is 0 Å². The van der Waals surface area contributed by atoms with Gasteiger partial charge in [0.1, 0.15) is 21.6 Å². The Kier molecular flexibility index (Phi) is 2.98. The summed E-state index contributed by atoms with van der Waals surface area (Å²) in [6.07, 6.45) is 0. The highest BCUT2D eigenvalue weighted by atomic mass is 32.2. The lowest BCUT2D eigenvalue weighted by Crippen LogP contribution is -2.27. The van der Waals surface area contributed by atoms with Crippen molar-refractivity contribution in [2.75, 3.05) is 0 Å². The number of hydrogen-bond donors (Lipinski definition) is 0. The molecule has 4 rings (SSSR count). The van der Waals surface area contributed by atoms with E-state index in [-0.39, 0.29) is 10.1 Å². The van der Waals surface area contributed by atoms with Gasteiger partial charge in [-0.2, -0.15) is 0 Å². The Bertz CT molecular complexity index is 872. The van der Waals surface area contributed by atoms with E-state index in [0.29, 0.717) is 21.2 Å². The molecule has 2 aromatic carbocycles. The van der Waals surface area contributed by atoms with Crippen molar-refractivity contribution >= 4 is 48.8 Å². The first-order valence-electron chi connectivity index (χ1n) is 6.40. The lowest BCUT2D eigenvalue weighted by Gasteiger charge is -1.98. The van der Waals surface area contributed by atoms with E-state index >= 15 is 0 Å². The molecule has 0 saturated heterocycles. The van der Waals surface area contributed by atoms with E-state index < -0.39 is 27.4 Å². The summed E-state index contributed by atoms with van der Waals surface area (Å²) < 4.78 is 24.8. The summed E-state index contributed by atoms with van der Waals surface area (Å²) in [5.74, 6) is -0.621. The van der Waals surface area contributed by atoms with E-state index in [1.807, 2.05) is 0 Å². The van der Waals surface area contributed by atoms with Crippen LogP contribution in [-0.2, 0) is 26.4 Å². The van der Waals surface area contributed by atoms with Gasteiger partial charge in [-0.3, -0.25) is 4.79 Å². The molecule has 0 N–H and O–H groups in total. The zero-order chi connectivity index (χ0) is 15.3. The molecule has 7 heteroatoms. The molecule has 0 amide bonds. The van der Waals surface area contributed by atoms with Gasteiger partial charge < -0.3 is 0 Å². The average Bonchev–Trinajstić information content (AvgIpc) is 3.06. The van der Waals surface area contributed by atoms with Crippen molar-refractivity contribution in [1.82, 2.24) is 0 Å². The largest absolute Gasteiger partial charge is 0.284 e. The first kappa shape index (κ1) is 13.4. The van der Waals surface area contributed by atoms with Gasteiger partial charge in [-0.15, -0.1) is 0 Å². The Balaban J connectivity index is 1.74. The Morgan fingerprint density at radius 1 is 0.727 bits per heavy atom. The van der Waals surface area contributed by atoms with Gasteiger partial charge in [0, 0.05) is 0 Å². The number of carbonyl (C=O) groups is 1. The monoisotopic (exact) mass is 328 g/mol. The third kappa shape index (κ3) is 1.86. The SMILES string of the molecule is O=C(C1=Nc2ccccc2S1=O)C1=Nc2ccccc2S1=O. The number of hydrogen-bond acceptors (Lipinski definition) is 5. The Labute approximate surface area is 130 Å². The zero-order valence-corrected chi connectivity index (χ0v) is 12.7. The fourth-order valence-corrected chi connectivity index (χ4v) is 4.67. The standard InChI is InChI=1S/C15H8N2O3S2/c18-13(14-16-9-5-1-3-7-11(9)21(14)19)15-17-10-6-2-4-8-12(10)22(15)20/h1-8H. The molecule has 0 saturated carbocycles. The molecule has 2 aromatic rings. The number of benzene rings is 2. The van der Waals surface area contributed by atoms with Crippen molar-refractivity contribution in [2.45, 2.75) is 9.79 Å². The van der Waals surface area contributed by atoms with Crippen molar-refractivity contribution < 1.29 is 13.2 Å². The van der Waals surface area contributed by atoms with Gasteiger partial charge in [0.05, 0.1) is 21.2 Å². The van der Waals surface area contributed by atoms with E-state index in [9.17, 15) is 13.2 Å². The number of Topliss-reactive ketones (excluding diaryl/α,β-unsaturated/α-hetero) is 1. The third-order valence-corrected chi connectivity index (χ3v) is 6.06. The second-order valence-electron chi connectivity index (χ2n) is 4.64. The van der Waals surface area contributed by atoms with Crippen LogP contribution in [0.1, 0.15) is 0 Å². The highest BCUT2D eigenvalue weighted by molar-refractivity contribution is 8.07. The van der Waals surface area contributed by atoms with Gasteiger partial charge in [-0.25, -0.2) is 18.4 Å². The molecular formula is C15H8N2O3S2. The summed E-state index contributed by atoms with van der Waals surface area (Å²) in [4.78, 5) is 21.8. The first-order chi connectivity index (χ1) is 10.7. The fourth-order valence-electron chi connectivity index (χ4n) is 2.28. The minimum absolute atomic E-state index is 0.110. The van der Waals surface area contributed by atoms with Gasteiger partial charge in [0.15, 0.2) is 10.1 Å². The van der Waals surface area contributed by atoms with Crippen LogP contribution in [0.2, 0.25) is 0 Å². The predicted molar refractivity (Wildman–Crippen MR) is 84.9 cm³/mol. The van der Waals surface area contributed by atoms with Crippen LogP contribution in [0.25, 0.3) is 0 Å². The Morgan fingerprint density at radius 2 is 1.14 bits per heavy atom. The highest BCUT2D eigenvalue weighted by Gasteiger charge is 2.36. The summed E-state index contributed by atoms with van der Waals surface area (Å²) in [5.41, 5.74) is 1.01. The van der Waals surface area contributed by atoms with Crippen LogP contribution >= 0.6 is 0 Å². The second-order valence-corrected chi connectivity index (χ2v) is 7.36. The van der Waals surface area contributed by atoms with Gasteiger partial charge in [-0.05, 0) is 24.3 Å². The van der Waals surface area contributed by atoms with Gasteiger partial charge in [0.2, 0.25) is 5.78 Å². The quantitative estimate of drug-likeness (QED) is 0.848. The van der Waals surface area contributed by atoms with E-state index in [4.69, 9.17) is 0 Å².